The van der Waals surface area contributed by atoms with Crippen LogP contribution in [0.25, 0.3) is 0 Å². The minimum atomic E-state index is -0.857. The number of unbranched alkanes of at least 4 members (excludes halogenated alkanes) is 38. The summed E-state index contributed by atoms with van der Waals surface area (Å²) < 4.78 is 0. The molecule has 4 nitrogen and oxygen atoms in total. The molecule has 0 radical (unpaired) electrons. The van der Waals surface area contributed by atoms with Gasteiger partial charge in [0.25, 0.3) is 0 Å². The van der Waals surface area contributed by atoms with E-state index in [9.17, 15) is 15.0 Å². The fourth-order valence-electron chi connectivity index (χ4n) is 8.02. The number of hydrogen-bond donors (Lipinski definition) is 3. The molecule has 56 heavy (non-hydrogen) atoms. The van der Waals surface area contributed by atoms with Crippen molar-refractivity contribution in [3.8, 4) is 0 Å². The van der Waals surface area contributed by atoms with Crippen LogP contribution >= 0.6 is 0 Å². The lowest BCUT2D eigenvalue weighted by atomic mass is 10.0. The second kappa shape index (κ2) is 48.2. The van der Waals surface area contributed by atoms with Crippen LogP contribution in [-0.2, 0) is 4.79 Å². The lowest BCUT2D eigenvalue weighted by molar-refractivity contribution is -0.123. The largest absolute Gasteiger partial charge is 0.394 e. The van der Waals surface area contributed by atoms with E-state index in [2.05, 4.69) is 31.3 Å². The van der Waals surface area contributed by atoms with E-state index >= 15 is 0 Å². The van der Waals surface area contributed by atoms with Gasteiger partial charge in [0, 0.05) is 6.42 Å². The number of aliphatic hydroxyl groups is 2. The Labute approximate surface area is 351 Å². The van der Waals surface area contributed by atoms with Gasteiger partial charge in [0.2, 0.25) is 5.91 Å². The first-order valence-electron chi connectivity index (χ1n) is 25.6. The van der Waals surface area contributed by atoms with Crippen LogP contribution in [0.15, 0.2) is 24.3 Å². The first-order chi connectivity index (χ1) is 27.7. The van der Waals surface area contributed by atoms with Crippen LogP contribution in [0, 0.1) is 0 Å². The third-order valence-corrected chi connectivity index (χ3v) is 11.9. The zero-order valence-corrected chi connectivity index (χ0v) is 38.2. The van der Waals surface area contributed by atoms with Crippen molar-refractivity contribution in [2.45, 2.75) is 296 Å². The van der Waals surface area contributed by atoms with Gasteiger partial charge in [0.15, 0.2) is 0 Å². The molecule has 0 aliphatic heterocycles. The number of nitrogens with one attached hydrogen (secondary N) is 1. The highest BCUT2D eigenvalue weighted by Gasteiger charge is 2.17. The van der Waals surface area contributed by atoms with Gasteiger partial charge in [0.05, 0.1) is 18.8 Å². The van der Waals surface area contributed by atoms with Crippen molar-refractivity contribution in [3.05, 3.63) is 24.3 Å². The highest BCUT2D eigenvalue weighted by Crippen LogP contribution is 2.17. The summed E-state index contributed by atoms with van der Waals surface area (Å²) in [5.74, 6) is -0.0703. The van der Waals surface area contributed by atoms with Crippen LogP contribution in [0.1, 0.15) is 284 Å². The normalized spacial score (nSPS) is 13.0. The maximum absolute atomic E-state index is 12.4. The Morgan fingerprint density at radius 2 is 0.696 bits per heavy atom. The lowest BCUT2D eigenvalue weighted by Gasteiger charge is -2.19. The number of carbonyl (C=O) groups excluding carboxylic acids is 1. The molecule has 0 bridgehead atoms. The fraction of sp³-hybridized carbons (Fsp3) is 0.904. The standard InChI is InChI=1S/C52H101NO3/c1-3-5-7-9-11-13-15-16-17-18-19-20-21-22-23-24-25-26-27-28-29-30-31-32-33-34-35-36-38-40-42-44-46-48-52(56)53-50(49-54)51(55)47-45-43-41-39-37-14-12-10-8-6-4-2/h37,39,45,47,50-51,54-55H,3-36,38,40-44,46,48-49H2,1-2H3,(H,53,56)/b39-37+,47-45+. The molecule has 0 saturated carbocycles. The molecular weight excluding hydrogens is 687 g/mol. The average Bonchev–Trinajstić information content (AvgIpc) is 3.20. The van der Waals surface area contributed by atoms with Gasteiger partial charge in [-0.1, -0.05) is 269 Å². The molecule has 2 unspecified atom stereocenters. The Morgan fingerprint density at radius 1 is 0.411 bits per heavy atom. The molecule has 0 aliphatic carbocycles. The van der Waals surface area contributed by atoms with Crippen LogP contribution in [0.4, 0.5) is 0 Å². The van der Waals surface area contributed by atoms with Gasteiger partial charge in [-0.15, -0.1) is 0 Å². The van der Waals surface area contributed by atoms with Crippen LogP contribution < -0.4 is 5.32 Å². The monoisotopic (exact) mass is 788 g/mol. The van der Waals surface area contributed by atoms with Crippen molar-refractivity contribution >= 4 is 5.91 Å². The van der Waals surface area contributed by atoms with Crippen molar-refractivity contribution in [1.82, 2.24) is 5.32 Å². The summed E-state index contributed by atoms with van der Waals surface area (Å²) in [4.78, 5) is 12.4. The first-order valence-corrected chi connectivity index (χ1v) is 25.6. The molecule has 0 saturated heterocycles. The zero-order chi connectivity index (χ0) is 40.7. The Bertz CT molecular complexity index is 810. The van der Waals surface area contributed by atoms with E-state index in [-0.39, 0.29) is 12.5 Å². The Kier molecular flexibility index (Phi) is 47.3. The van der Waals surface area contributed by atoms with E-state index in [1.807, 2.05) is 6.08 Å². The van der Waals surface area contributed by atoms with Gasteiger partial charge < -0.3 is 15.5 Å². The lowest BCUT2D eigenvalue weighted by Crippen LogP contribution is -2.45. The molecule has 0 aromatic rings. The number of aliphatic hydroxyl groups excluding tert-OH is 2. The third kappa shape index (κ3) is 44.0. The maximum Gasteiger partial charge on any atom is 0.220 e. The summed E-state index contributed by atoms with van der Waals surface area (Å²) in [5.41, 5.74) is 0. The molecule has 0 aromatic carbocycles. The smallest absolute Gasteiger partial charge is 0.220 e. The minimum absolute atomic E-state index is 0.0703. The summed E-state index contributed by atoms with van der Waals surface area (Å²) in [6, 6.07) is -0.634. The Balaban J connectivity index is 3.38. The molecule has 332 valence electrons. The number of carbonyl (C=O) groups is 1. The highest BCUT2D eigenvalue weighted by molar-refractivity contribution is 5.76. The molecule has 2 atom stereocenters. The quantitative estimate of drug-likeness (QED) is 0.0425. The van der Waals surface area contributed by atoms with Crippen molar-refractivity contribution < 1.29 is 15.0 Å². The zero-order valence-electron chi connectivity index (χ0n) is 38.2. The van der Waals surface area contributed by atoms with Gasteiger partial charge in [-0.2, -0.15) is 0 Å². The topological polar surface area (TPSA) is 69.6 Å². The van der Waals surface area contributed by atoms with Crippen molar-refractivity contribution in [3.63, 3.8) is 0 Å². The summed E-state index contributed by atoms with van der Waals surface area (Å²) in [5, 5.41) is 22.9. The van der Waals surface area contributed by atoms with Crippen LogP contribution in [0.2, 0.25) is 0 Å². The maximum atomic E-state index is 12.4. The second-order valence-electron chi connectivity index (χ2n) is 17.6. The molecule has 1 amide bonds. The van der Waals surface area contributed by atoms with Gasteiger partial charge >= 0.3 is 0 Å². The van der Waals surface area contributed by atoms with Crippen molar-refractivity contribution in [1.29, 1.82) is 0 Å². The van der Waals surface area contributed by atoms with Gasteiger partial charge in [-0.25, -0.2) is 0 Å². The number of amides is 1. The summed E-state index contributed by atoms with van der Waals surface area (Å²) in [6.07, 6.45) is 63.4. The van der Waals surface area contributed by atoms with E-state index in [1.54, 1.807) is 6.08 Å². The molecular formula is C52H101NO3. The van der Waals surface area contributed by atoms with Gasteiger partial charge in [-0.3, -0.25) is 4.79 Å². The second-order valence-corrected chi connectivity index (χ2v) is 17.6. The molecule has 4 heteroatoms. The van der Waals surface area contributed by atoms with Crippen LogP contribution in [-0.4, -0.2) is 34.9 Å². The predicted molar refractivity (Wildman–Crippen MR) is 249 cm³/mol. The highest BCUT2D eigenvalue weighted by atomic mass is 16.3. The molecule has 0 aliphatic rings. The van der Waals surface area contributed by atoms with E-state index in [4.69, 9.17) is 0 Å². The third-order valence-electron chi connectivity index (χ3n) is 11.9. The Hall–Kier alpha value is -1.13. The van der Waals surface area contributed by atoms with Crippen molar-refractivity contribution in [2.75, 3.05) is 6.61 Å². The van der Waals surface area contributed by atoms with Crippen molar-refractivity contribution in [2.24, 2.45) is 0 Å². The minimum Gasteiger partial charge on any atom is -0.394 e. The summed E-state index contributed by atoms with van der Waals surface area (Å²) >= 11 is 0. The molecule has 0 fully saturated rings. The predicted octanol–water partition coefficient (Wildman–Crippen LogP) is 16.4. The van der Waals surface area contributed by atoms with Gasteiger partial charge in [-0.05, 0) is 32.1 Å². The Morgan fingerprint density at radius 3 is 1.04 bits per heavy atom. The molecule has 3 N–H and O–H groups in total. The van der Waals surface area contributed by atoms with E-state index in [0.29, 0.717) is 6.42 Å². The number of rotatable bonds is 47. The number of allylic oxidation sites excluding steroid dienone is 3. The van der Waals surface area contributed by atoms with Crippen LogP contribution in [0.5, 0.6) is 0 Å². The summed E-state index contributed by atoms with van der Waals surface area (Å²) in [6.45, 7) is 4.29. The SMILES string of the molecule is CCCCCCC/C=C/CC/C=C/C(O)C(CO)NC(=O)CCCCCCCCCCCCCCCCCCCCCCCCCCCCCCCCCCC. The van der Waals surface area contributed by atoms with E-state index < -0.39 is 12.1 Å². The number of hydrogen-bond acceptors (Lipinski definition) is 3. The van der Waals surface area contributed by atoms with Crippen LogP contribution in [0.3, 0.4) is 0 Å². The first kappa shape index (κ1) is 54.9. The molecule has 0 rings (SSSR count). The molecule has 0 heterocycles. The molecule has 0 aromatic heterocycles. The average molecular weight is 788 g/mol. The van der Waals surface area contributed by atoms with E-state index in [0.717, 1.165) is 32.1 Å². The molecule has 0 spiro atoms. The summed E-state index contributed by atoms with van der Waals surface area (Å²) in [7, 11) is 0. The van der Waals surface area contributed by atoms with E-state index in [1.165, 1.54) is 231 Å². The fourth-order valence-corrected chi connectivity index (χ4v) is 8.02. The van der Waals surface area contributed by atoms with Gasteiger partial charge in [0.1, 0.15) is 0 Å².